The lowest BCUT2D eigenvalue weighted by molar-refractivity contribution is -0.385. The standard InChI is InChI=1S/C14H9N3O3/c15-8-10-1-3-12(4-2-10)16-9-11-7-13(17(19)20)5-6-14(11)18/h1-7,9,18H/p-1. The molecule has 2 aromatic rings. The van der Waals surface area contributed by atoms with Gasteiger partial charge < -0.3 is 5.11 Å². The Morgan fingerprint density at radius 1 is 1.20 bits per heavy atom. The maximum absolute atomic E-state index is 11.6. The van der Waals surface area contributed by atoms with E-state index in [0.29, 0.717) is 11.3 Å². The minimum absolute atomic E-state index is 0.142. The Bertz CT molecular complexity index is 715. The average molecular weight is 266 g/mol. The minimum atomic E-state index is -0.571. The predicted octanol–water partition coefficient (Wildman–Crippen LogP) is 2.29. The molecule has 0 heterocycles. The van der Waals surface area contributed by atoms with Gasteiger partial charge in [-0.2, -0.15) is 5.26 Å². The van der Waals surface area contributed by atoms with Crippen LogP contribution in [-0.4, -0.2) is 11.1 Å². The minimum Gasteiger partial charge on any atom is -0.872 e. The Morgan fingerprint density at radius 2 is 1.90 bits per heavy atom. The molecular formula is C14H8N3O3-. The highest BCUT2D eigenvalue weighted by molar-refractivity contribution is 5.86. The van der Waals surface area contributed by atoms with Crippen LogP contribution in [0.5, 0.6) is 5.75 Å². The summed E-state index contributed by atoms with van der Waals surface area (Å²) < 4.78 is 0. The molecule has 0 radical (unpaired) electrons. The fourth-order valence-electron chi connectivity index (χ4n) is 1.52. The molecule has 0 atom stereocenters. The molecule has 0 aliphatic heterocycles. The molecule has 0 amide bonds. The van der Waals surface area contributed by atoms with Gasteiger partial charge in [0.05, 0.1) is 22.2 Å². The second-order valence-corrected chi connectivity index (χ2v) is 3.90. The Kier molecular flexibility index (Phi) is 3.72. The van der Waals surface area contributed by atoms with Gasteiger partial charge in [0.25, 0.3) is 5.69 Å². The van der Waals surface area contributed by atoms with Crippen molar-refractivity contribution in [2.24, 2.45) is 4.99 Å². The average Bonchev–Trinajstić information content (AvgIpc) is 2.46. The quantitative estimate of drug-likeness (QED) is 0.483. The molecule has 6 nitrogen and oxygen atoms in total. The van der Waals surface area contributed by atoms with E-state index in [1.807, 2.05) is 6.07 Å². The third-order valence-corrected chi connectivity index (χ3v) is 2.55. The van der Waals surface area contributed by atoms with Gasteiger partial charge >= 0.3 is 0 Å². The van der Waals surface area contributed by atoms with E-state index in [0.717, 1.165) is 12.1 Å². The van der Waals surface area contributed by atoms with Crippen molar-refractivity contribution >= 4 is 17.6 Å². The summed E-state index contributed by atoms with van der Waals surface area (Å²) in [5, 5.41) is 30.9. The zero-order valence-corrected chi connectivity index (χ0v) is 10.2. The van der Waals surface area contributed by atoms with E-state index < -0.39 is 4.92 Å². The van der Waals surface area contributed by atoms with Crippen molar-refractivity contribution in [3.05, 3.63) is 63.7 Å². The zero-order valence-electron chi connectivity index (χ0n) is 10.2. The summed E-state index contributed by atoms with van der Waals surface area (Å²) in [5.41, 5.74) is 1.04. The Morgan fingerprint density at radius 3 is 2.50 bits per heavy atom. The molecule has 0 aromatic heterocycles. The number of nitro benzene ring substituents is 1. The van der Waals surface area contributed by atoms with Crippen molar-refractivity contribution < 1.29 is 10.0 Å². The summed E-state index contributed by atoms with van der Waals surface area (Å²) in [5.74, 6) is -0.340. The summed E-state index contributed by atoms with van der Waals surface area (Å²) in [6, 6.07) is 11.9. The summed E-state index contributed by atoms with van der Waals surface area (Å²) >= 11 is 0. The molecule has 0 saturated heterocycles. The molecule has 0 unspecified atom stereocenters. The van der Waals surface area contributed by atoms with Gasteiger partial charge in [-0.05, 0) is 29.8 Å². The van der Waals surface area contributed by atoms with E-state index in [2.05, 4.69) is 4.99 Å². The highest BCUT2D eigenvalue weighted by Gasteiger charge is 2.05. The topological polar surface area (TPSA) is 102 Å². The van der Waals surface area contributed by atoms with Crippen molar-refractivity contribution in [1.29, 1.82) is 5.26 Å². The van der Waals surface area contributed by atoms with Crippen LogP contribution in [0.15, 0.2) is 47.5 Å². The third-order valence-electron chi connectivity index (χ3n) is 2.55. The Hall–Kier alpha value is -3.20. The van der Waals surface area contributed by atoms with Gasteiger partial charge in [-0.3, -0.25) is 15.1 Å². The lowest BCUT2D eigenvalue weighted by Crippen LogP contribution is -1.98. The van der Waals surface area contributed by atoms with Crippen LogP contribution in [0.2, 0.25) is 0 Å². The van der Waals surface area contributed by atoms with Crippen molar-refractivity contribution in [1.82, 2.24) is 0 Å². The molecule has 0 fully saturated rings. The molecule has 0 N–H and O–H groups in total. The van der Waals surface area contributed by atoms with E-state index in [9.17, 15) is 15.2 Å². The molecule has 2 rings (SSSR count). The normalized spacial score (nSPS) is 10.3. The fraction of sp³-hybridized carbons (Fsp3) is 0. The molecule has 98 valence electrons. The first-order chi connectivity index (χ1) is 9.60. The van der Waals surface area contributed by atoms with Crippen molar-refractivity contribution in [2.45, 2.75) is 0 Å². The van der Waals surface area contributed by atoms with E-state index in [-0.39, 0.29) is 17.0 Å². The lowest BCUT2D eigenvalue weighted by atomic mass is 10.2. The van der Waals surface area contributed by atoms with Crippen molar-refractivity contribution in [2.75, 3.05) is 0 Å². The van der Waals surface area contributed by atoms with Crippen LogP contribution in [0.25, 0.3) is 0 Å². The van der Waals surface area contributed by atoms with Gasteiger partial charge in [0.15, 0.2) is 0 Å². The molecule has 20 heavy (non-hydrogen) atoms. The van der Waals surface area contributed by atoms with Crippen LogP contribution in [0.3, 0.4) is 0 Å². The number of nitriles is 1. The number of nitrogens with zero attached hydrogens (tertiary/aromatic N) is 3. The number of nitro groups is 1. The smallest absolute Gasteiger partial charge is 0.270 e. The summed E-state index contributed by atoms with van der Waals surface area (Å²) in [6.07, 6.45) is 1.27. The van der Waals surface area contributed by atoms with E-state index in [4.69, 9.17) is 5.26 Å². The van der Waals surface area contributed by atoms with Gasteiger partial charge in [0.2, 0.25) is 0 Å². The maximum Gasteiger partial charge on any atom is 0.270 e. The van der Waals surface area contributed by atoms with E-state index in [1.54, 1.807) is 24.3 Å². The molecule has 0 aliphatic carbocycles. The van der Waals surface area contributed by atoms with Crippen molar-refractivity contribution in [3.8, 4) is 11.8 Å². The van der Waals surface area contributed by atoms with Crippen LogP contribution >= 0.6 is 0 Å². The van der Waals surface area contributed by atoms with Crippen molar-refractivity contribution in [3.63, 3.8) is 0 Å². The number of hydrogen-bond acceptors (Lipinski definition) is 5. The number of benzene rings is 2. The fourth-order valence-corrected chi connectivity index (χ4v) is 1.52. The molecule has 0 bridgehead atoms. The van der Waals surface area contributed by atoms with Crippen LogP contribution in [0, 0.1) is 21.4 Å². The molecule has 2 aromatic carbocycles. The lowest BCUT2D eigenvalue weighted by Gasteiger charge is -2.08. The van der Waals surface area contributed by atoms with Crippen LogP contribution in [0.1, 0.15) is 11.1 Å². The number of aliphatic imine (C=N–C) groups is 1. The molecule has 0 saturated carbocycles. The van der Waals surface area contributed by atoms with Crippen LogP contribution in [-0.2, 0) is 0 Å². The zero-order chi connectivity index (χ0) is 14.5. The number of non-ortho nitro benzene ring substituents is 1. The number of rotatable bonds is 3. The largest absolute Gasteiger partial charge is 0.872 e. The van der Waals surface area contributed by atoms with Crippen LogP contribution < -0.4 is 5.11 Å². The highest BCUT2D eigenvalue weighted by atomic mass is 16.6. The summed E-state index contributed by atoms with van der Waals surface area (Å²) in [7, 11) is 0. The molecule has 0 spiro atoms. The second-order valence-electron chi connectivity index (χ2n) is 3.90. The first-order valence-corrected chi connectivity index (χ1v) is 5.60. The van der Waals surface area contributed by atoms with E-state index in [1.165, 1.54) is 12.3 Å². The number of hydrogen-bond donors (Lipinski definition) is 0. The van der Waals surface area contributed by atoms with Gasteiger partial charge in [-0.15, -0.1) is 0 Å². The highest BCUT2D eigenvalue weighted by Crippen LogP contribution is 2.20. The van der Waals surface area contributed by atoms with Gasteiger partial charge in [-0.1, -0.05) is 11.8 Å². The maximum atomic E-state index is 11.6. The van der Waals surface area contributed by atoms with Gasteiger partial charge in [0, 0.05) is 18.3 Å². The monoisotopic (exact) mass is 266 g/mol. The first kappa shape index (κ1) is 13.2. The molecule has 0 aliphatic rings. The van der Waals surface area contributed by atoms with Gasteiger partial charge in [0.1, 0.15) is 0 Å². The summed E-state index contributed by atoms with van der Waals surface area (Å²) in [4.78, 5) is 14.1. The third kappa shape index (κ3) is 2.97. The molecule has 6 heteroatoms. The Labute approximate surface area is 114 Å². The molecular weight excluding hydrogens is 258 g/mol. The van der Waals surface area contributed by atoms with E-state index >= 15 is 0 Å². The second kappa shape index (κ2) is 5.63. The summed E-state index contributed by atoms with van der Waals surface area (Å²) in [6.45, 7) is 0. The Balaban J connectivity index is 2.28. The van der Waals surface area contributed by atoms with Gasteiger partial charge in [-0.25, -0.2) is 0 Å². The predicted molar refractivity (Wildman–Crippen MR) is 71.0 cm³/mol. The first-order valence-electron chi connectivity index (χ1n) is 5.60. The SMILES string of the molecule is N#Cc1ccc(N=Cc2cc([N+](=O)[O-])ccc2[O-])cc1. The van der Waals surface area contributed by atoms with Crippen LogP contribution in [0.4, 0.5) is 11.4 Å².